The molecule has 96 valence electrons. The van der Waals surface area contributed by atoms with E-state index < -0.39 is 6.67 Å². The molecule has 3 nitrogen and oxygen atoms in total. The summed E-state index contributed by atoms with van der Waals surface area (Å²) in [6, 6.07) is 8.21. The molecule has 0 atom stereocenters. The molecule has 0 fully saturated rings. The molecule has 1 heterocycles. The van der Waals surface area contributed by atoms with E-state index in [0.29, 0.717) is 13.1 Å². The molecule has 0 radical (unpaired) electrons. The number of hydrogen-bond acceptors (Lipinski definition) is 2. The topological polar surface area (TPSA) is 29.9 Å². The molecule has 0 spiro atoms. The van der Waals surface area contributed by atoms with E-state index in [1.165, 1.54) is 12.1 Å². The van der Waals surface area contributed by atoms with Gasteiger partial charge in [0.15, 0.2) is 0 Å². The first-order valence-electron chi connectivity index (χ1n) is 5.81. The second-order valence-electron chi connectivity index (χ2n) is 3.99. The number of hydrogen-bond donors (Lipinski definition) is 1. The normalized spacial score (nSPS) is 10.8. The zero-order valence-electron chi connectivity index (χ0n) is 9.94. The average molecular weight is 251 g/mol. The van der Waals surface area contributed by atoms with Crippen molar-refractivity contribution in [2.75, 3.05) is 6.67 Å². The number of aromatic nitrogens is 2. The van der Waals surface area contributed by atoms with Crippen LogP contribution in [-0.4, -0.2) is 16.5 Å². The van der Waals surface area contributed by atoms with Crippen molar-refractivity contribution in [3.63, 3.8) is 0 Å². The molecule has 0 unspecified atom stereocenters. The molecule has 18 heavy (non-hydrogen) atoms. The molecule has 0 aliphatic heterocycles. The summed E-state index contributed by atoms with van der Waals surface area (Å²) in [6.07, 6.45) is 1.76. The molecule has 2 rings (SSSR count). The number of halogens is 2. The van der Waals surface area contributed by atoms with Crippen LogP contribution in [0.5, 0.6) is 0 Å². The molecule has 0 amide bonds. The van der Waals surface area contributed by atoms with E-state index in [4.69, 9.17) is 0 Å². The van der Waals surface area contributed by atoms with E-state index in [1.54, 1.807) is 23.0 Å². The number of aryl methyl sites for hydroxylation is 1. The second kappa shape index (κ2) is 6.26. The van der Waals surface area contributed by atoms with Crippen molar-refractivity contribution in [2.45, 2.75) is 19.6 Å². The van der Waals surface area contributed by atoms with Gasteiger partial charge < -0.3 is 5.32 Å². The van der Waals surface area contributed by atoms with Crippen LogP contribution in [0, 0.1) is 5.82 Å². The Bertz CT molecular complexity index is 479. The van der Waals surface area contributed by atoms with Crippen molar-refractivity contribution in [1.82, 2.24) is 15.1 Å². The summed E-state index contributed by atoms with van der Waals surface area (Å²) in [5, 5.41) is 7.40. The second-order valence-corrected chi connectivity index (χ2v) is 3.99. The van der Waals surface area contributed by atoms with Gasteiger partial charge in [-0.25, -0.2) is 8.78 Å². The Balaban J connectivity index is 1.79. The molecular weight excluding hydrogens is 236 g/mol. The minimum atomic E-state index is -0.413. The molecule has 0 bridgehead atoms. The first kappa shape index (κ1) is 12.7. The summed E-state index contributed by atoms with van der Waals surface area (Å²) < 4.78 is 26.4. The van der Waals surface area contributed by atoms with Crippen LogP contribution in [0.15, 0.2) is 36.5 Å². The van der Waals surface area contributed by atoms with Gasteiger partial charge in [-0.2, -0.15) is 5.10 Å². The van der Waals surface area contributed by atoms with Gasteiger partial charge in [-0.3, -0.25) is 4.68 Å². The minimum Gasteiger partial charge on any atom is -0.307 e. The quantitative estimate of drug-likeness (QED) is 0.853. The Morgan fingerprint density at radius 3 is 2.61 bits per heavy atom. The van der Waals surface area contributed by atoms with E-state index >= 15 is 0 Å². The van der Waals surface area contributed by atoms with E-state index in [-0.39, 0.29) is 12.4 Å². The summed E-state index contributed by atoms with van der Waals surface area (Å²) >= 11 is 0. The van der Waals surface area contributed by atoms with Crippen LogP contribution in [0.4, 0.5) is 8.78 Å². The van der Waals surface area contributed by atoms with Crippen LogP contribution in [0.3, 0.4) is 0 Å². The molecule has 0 saturated carbocycles. The molecule has 1 aromatic carbocycles. The summed E-state index contributed by atoms with van der Waals surface area (Å²) in [7, 11) is 0. The monoisotopic (exact) mass is 251 g/mol. The van der Waals surface area contributed by atoms with Gasteiger partial charge in [0.05, 0.1) is 12.2 Å². The van der Waals surface area contributed by atoms with Crippen LogP contribution >= 0.6 is 0 Å². The van der Waals surface area contributed by atoms with E-state index in [2.05, 4.69) is 10.4 Å². The predicted molar refractivity (Wildman–Crippen MR) is 65.1 cm³/mol. The fourth-order valence-electron chi connectivity index (χ4n) is 1.65. The van der Waals surface area contributed by atoms with E-state index in [9.17, 15) is 8.78 Å². The molecule has 1 N–H and O–H groups in total. The van der Waals surface area contributed by atoms with Gasteiger partial charge in [-0.15, -0.1) is 0 Å². The lowest BCUT2D eigenvalue weighted by atomic mass is 10.2. The van der Waals surface area contributed by atoms with Gasteiger partial charge in [-0.1, -0.05) is 12.1 Å². The fourth-order valence-corrected chi connectivity index (χ4v) is 1.65. The fraction of sp³-hybridized carbons (Fsp3) is 0.308. The highest BCUT2D eigenvalue weighted by molar-refractivity contribution is 5.15. The Labute approximate surface area is 104 Å². The van der Waals surface area contributed by atoms with Crippen LogP contribution < -0.4 is 5.32 Å². The number of rotatable bonds is 6. The summed E-state index contributed by atoms with van der Waals surface area (Å²) in [4.78, 5) is 0. The highest BCUT2D eigenvalue weighted by atomic mass is 19.1. The maximum atomic E-state index is 12.7. The Hall–Kier alpha value is -1.75. The Morgan fingerprint density at radius 2 is 1.89 bits per heavy atom. The van der Waals surface area contributed by atoms with Gasteiger partial charge >= 0.3 is 0 Å². The van der Waals surface area contributed by atoms with Gasteiger partial charge in [0.2, 0.25) is 0 Å². The maximum Gasteiger partial charge on any atom is 0.123 e. The summed E-state index contributed by atoms with van der Waals surface area (Å²) in [6.45, 7) is 1.13. The van der Waals surface area contributed by atoms with Crippen LogP contribution in [0.1, 0.15) is 11.3 Å². The molecule has 5 heteroatoms. The lowest BCUT2D eigenvalue weighted by Gasteiger charge is -2.03. The third-order valence-electron chi connectivity index (χ3n) is 2.56. The van der Waals surface area contributed by atoms with Crippen molar-refractivity contribution in [3.05, 3.63) is 53.6 Å². The maximum absolute atomic E-state index is 12.7. The standard InChI is InChI=1S/C13H15F2N3/c14-6-8-18-7-5-13(17-18)10-16-9-11-1-3-12(15)4-2-11/h1-5,7,16H,6,8-10H2. The van der Waals surface area contributed by atoms with Gasteiger partial charge in [0.25, 0.3) is 0 Å². The molecule has 1 aromatic heterocycles. The highest BCUT2D eigenvalue weighted by Gasteiger charge is 1.99. The molecule has 2 aromatic rings. The van der Waals surface area contributed by atoms with Crippen molar-refractivity contribution in [2.24, 2.45) is 0 Å². The van der Waals surface area contributed by atoms with Crippen LogP contribution in [0.25, 0.3) is 0 Å². The first-order chi connectivity index (χ1) is 8.78. The molecule has 0 aliphatic rings. The van der Waals surface area contributed by atoms with Gasteiger partial charge in [0, 0.05) is 19.3 Å². The van der Waals surface area contributed by atoms with Crippen molar-refractivity contribution in [1.29, 1.82) is 0 Å². The number of nitrogens with zero attached hydrogens (tertiary/aromatic N) is 2. The van der Waals surface area contributed by atoms with Crippen molar-refractivity contribution >= 4 is 0 Å². The average Bonchev–Trinajstić information content (AvgIpc) is 2.80. The molecule has 0 aliphatic carbocycles. The number of benzene rings is 1. The lowest BCUT2D eigenvalue weighted by Crippen LogP contribution is -2.13. The highest BCUT2D eigenvalue weighted by Crippen LogP contribution is 2.03. The minimum absolute atomic E-state index is 0.233. The van der Waals surface area contributed by atoms with Gasteiger partial charge in [0.1, 0.15) is 12.5 Å². The van der Waals surface area contributed by atoms with Crippen molar-refractivity contribution in [3.8, 4) is 0 Å². The third-order valence-corrected chi connectivity index (χ3v) is 2.56. The van der Waals surface area contributed by atoms with Crippen LogP contribution in [0.2, 0.25) is 0 Å². The molecular formula is C13H15F2N3. The van der Waals surface area contributed by atoms with Gasteiger partial charge in [-0.05, 0) is 23.8 Å². The molecule has 0 saturated heterocycles. The largest absolute Gasteiger partial charge is 0.307 e. The SMILES string of the molecule is FCCn1ccc(CNCc2ccc(F)cc2)n1. The summed E-state index contributed by atoms with van der Waals surface area (Å²) in [5.41, 5.74) is 1.88. The van der Waals surface area contributed by atoms with Crippen LogP contribution in [-0.2, 0) is 19.6 Å². The van der Waals surface area contributed by atoms with E-state index in [1.807, 2.05) is 6.07 Å². The predicted octanol–water partition coefficient (Wildman–Crippen LogP) is 2.28. The number of nitrogens with one attached hydrogen (secondary N) is 1. The zero-order valence-corrected chi connectivity index (χ0v) is 9.94. The number of alkyl halides is 1. The van der Waals surface area contributed by atoms with Crippen molar-refractivity contribution < 1.29 is 8.78 Å². The van der Waals surface area contributed by atoms with E-state index in [0.717, 1.165) is 11.3 Å². The Morgan fingerprint density at radius 1 is 1.11 bits per heavy atom. The lowest BCUT2D eigenvalue weighted by molar-refractivity contribution is 0.425. The summed E-state index contributed by atoms with van der Waals surface area (Å²) in [5.74, 6) is -0.233. The Kier molecular flexibility index (Phi) is 4.41. The zero-order chi connectivity index (χ0) is 12.8. The smallest absolute Gasteiger partial charge is 0.123 e. The first-order valence-corrected chi connectivity index (χ1v) is 5.81. The third kappa shape index (κ3) is 3.63.